The van der Waals surface area contributed by atoms with E-state index in [1.54, 1.807) is 0 Å². The molecule has 2 aromatic rings. The number of H-pyrrole nitrogens is 1. The largest absolute Gasteiger partial charge is 0.383 e. The summed E-state index contributed by atoms with van der Waals surface area (Å²) in [4.78, 5) is 44.6. The molecule has 9 heteroatoms. The molecule has 1 aliphatic heterocycles. The summed E-state index contributed by atoms with van der Waals surface area (Å²) in [5, 5.41) is 0. The van der Waals surface area contributed by atoms with Gasteiger partial charge in [0.25, 0.3) is 5.56 Å². The number of aromatic nitrogens is 2. The van der Waals surface area contributed by atoms with Gasteiger partial charge in [-0.25, -0.2) is 4.79 Å². The van der Waals surface area contributed by atoms with Crippen LogP contribution in [-0.4, -0.2) is 58.7 Å². The average Bonchev–Trinajstić information content (AvgIpc) is 2.72. The minimum atomic E-state index is -0.660. The number of carbonyl (C=O) groups excluding carboxylic acids is 1. The SMILES string of the molecule is CC(C)CN(C(=O)CN1CCOCC1(C)C)c1c(N)n(Cc2ccccc2)c(=O)[nH]c1=O. The van der Waals surface area contributed by atoms with Crippen molar-refractivity contribution in [3.05, 3.63) is 56.7 Å². The zero-order valence-corrected chi connectivity index (χ0v) is 19.3. The summed E-state index contributed by atoms with van der Waals surface area (Å²) < 4.78 is 6.85. The van der Waals surface area contributed by atoms with Gasteiger partial charge in [-0.1, -0.05) is 44.2 Å². The van der Waals surface area contributed by atoms with Gasteiger partial charge < -0.3 is 15.4 Å². The Bertz CT molecular complexity index is 1060. The molecule has 9 nitrogen and oxygen atoms in total. The Balaban J connectivity index is 1.99. The fourth-order valence-electron chi connectivity index (χ4n) is 3.88. The lowest BCUT2D eigenvalue weighted by Gasteiger charge is -2.42. The first-order chi connectivity index (χ1) is 15.1. The van der Waals surface area contributed by atoms with E-state index in [0.29, 0.717) is 26.3 Å². The zero-order valence-electron chi connectivity index (χ0n) is 19.3. The van der Waals surface area contributed by atoms with Crippen LogP contribution in [0.15, 0.2) is 39.9 Å². The first kappa shape index (κ1) is 23.7. The van der Waals surface area contributed by atoms with Crippen molar-refractivity contribution in [3.8, 4) is 0 Å². The van der Waals surface area contributed by atoms with E-state index in [-0.39, 0.29) is 42.0 Å². The van der Waals surface area contributed by atoms with Gasteiger partial charge in [0.2, 0.25) is 5.91 Å². The number of benzene rings is 1. The monoisotopic (exact) mass is 443 g/mol. The van der Waals surface area contributed by atoms with Gasteiger partial charge in [0.15, 0.2) is 5.69 Å². The van der Waals surface area contributed by atoms with E-state index >= 15 is 0 Å². The minimum Gasteiger partial charge on any atom is -0.383 e. The Hall–Kier alpha value is -2.91. The van der Waals surface area contributed by atoms with E-state index in [1.807, 2.05) is 58.0 Å². The van der Waals surface area contributed by atoms with Crippen molar-refractivity contribution in [1.82, 2.24) is 14.5 Å². The van der Waals surface area contributed by atoms with E-state index < -0.39 is 11.2 Å². The Morgan fingerprint density at radius 1 is 1.25 bits per heavy atom. The highest BCUT2D eigenvalue weighted by Crippen LogP contribution is 2.22. The third-order valence-electron chi connectivity index (χ3n) is 5.66. The standard InChI is InChI=1S/C23H33N5O4/c1-16(2)12-27(18(29)14-26-10-11-32-15-23(26,3)4)19-20(24)28(22(31)25-21(19)30)13-17-8-6-5-7-9-17/h5-9,16H,10-15,24H2,1-4H3,(H,25,30,31). The van der Waals surface area contributed by atoms with Crippen molar-refractivity contribution in [3.63, 3.8) is 0 Å². The number of nitrogens with one attached hydrogen (secondary N) is 1. The summed E-state index contributed by atoms with van der Waals surface area (Å²) in [5.41, 5.74) is 5.66. The van der Waals surface area contributed by atoms with Crippen molar-refractivity contribution >= 4 is 17.4 Å². The quantitative estimate of drug-likeness (QED) is 0.666. The van der Waals surface area contributed by atoms with E-state index in [9.17, 15) is 14.4 Å². The van der Waals surface area contributed by atoms with Crippen LogP contribution in [-0.2, 0) is 16.1 Å². The second-order valence-corrected chi connectivity index (χ2v) is 9.25. The molecule has 3 N–H and O–H groups in total. The zero-order chi connectivity index (χ0) is 23.5. The third kappa shape index (κ3) is 5.28. The number of amides is 1. The van der Waals surface area contributed by atoms with Gasteiger partial charge in [-0.05, 0) is 25.3 Å². The minimum absolute atomic E-state index is 0.0159. The number of aromatic amines is 1. The van der Waals surface area contributed by atoms with E-state index in [1.165, 1.54) is 9.47 Å². The van der Waals surface area contributed by atoms with Crippen LogP contribution in [0.1, 0.15) is 33.3 Å². The smallest absolute Gasteiger partial charge is 0.330 e. The molecule has 1 aromatic carbocycles. The molecule has 0 spiro atoms. The summed E-state index contributed by atoms with van der Waals surface area (Å²) in [6, 6.07) is 9.34. The Morgan fingerprint density at radius 3 is 2.56 bits per heavy atom. The molecular formula is C23H33N5O4. The second-order valence-electron chi connectivity index (χ2n) is 9.25. The Labute approximate surface area is 187 Å². The number of rotatable bonds is 7. The van der Waals surface area contributed by atoms with Crippen LogP contribution in [0, 0.1) is 5.92 Å². The van der Waals surface area contributed by atoms with E-state index in [0.717, 1.165) is 5.56 Å². The Kier molecular flexibility index (Phi) is 7.20. The van der Waals surface area contributed by atoms with Crippen molar-refractivity contribution in [2.45, 2.75) is 39.8 Å². The summed E-state index contributed by atoms with van der Waals surface area (Å²) >= 11 is 0. The maximum atomic E-state index is 13.4. The van der Waals surface area contributed by atoms with Crippen molar-refractivity contribution < 1.29 is 9.53 Å². The third-order valence-corrected chi connectivity index (χ3v) is 5.66. The highest BCUT2D eigenvalue weighted by atomic mass is 16.5. The molecule has 174 valence electrons. The number of morpholine rings is 1. The summed E-state index contributed by atoms with van der Waals surface area (Å²) in [5.74, 6) is -0.168. The van der Waals surface area contributed by atoms with Crippen LogP contribution >= 0.6 is 0 Å². The van der Waals surface area contributed by atoms with Crippen LogP contribution in [0.25, 0.3) is 0 Å². The molecule has 3 rings (SSSR count). The predicted octanol–water partition coefficient (Wildman–Crippen LogP) is 1.27. The maximum Gasteiger partial charge on any atom is 0.330 e. The molecule has 0 bridgehead atoms. The number of nitrogens with two attached hydrogens (primary N) is 1. The second kappa shape index (κ2) is 9.70. The van der Waals surface area contributed by atoms with Crippen molar-refractivity contribution in [2.75, 3.05) is 43.5 Å². The highest BCUT2D eigenvalue weighted by molar-refractivity contribution is 5.97. The molecule has 1 amide bonds. The normalized spacial score (nSPS) is 16.3. The predicted molar refractivity (Wildman–Crippen MR) is 125 cm³/mol. The van der Waals surface area contributed by atoms with E-state index in [4.69, 9.17) is 10.5 Å². The van der Waals surface area contributed by atoms with Crippen LogP contribution in [0.2, 0.25) is 0 Å². The van der Waals surface area contributed by atoms with Crippen molar-refractivity contribution in [2.24, 2.45) is 5.92 Å². The van der Waals surface area contributed by atoms with Gasteiger partial charge in [-0.15, -0.1) is 0 Å². The van der Waals surface area contributed by atoms with Gasteiger partial charge in [-0.3, -0.25) is 24.0 Å². The summed E-state index contributed by atoms with van der Waals surface area (Å²) in [6.07, 6.45) is 0. The first-order valence-corrected chi connectivity index (χ1v) is 10.9. The fourth-order valence-corrected chi connectivity index (χ4v) is 3.88. The molecule has 1 aromatic heterocycles. The lowest BCUT2D eigenvalue weighted by atomic mass is 10.0. The summed E-state index contributed by atoms with van der Waals surface area (Å²) in [6.45, 7) is 10.3. The number of nitrogens with zero attached hydrogens (tertiary/aromatic N) is 3. The van der Waals surface area contributed by atoms with Gasteiger partial charge >= 0.3 is 5.69 Å². The van der Waals surface area contributed by atoms with Gasteiger partial charge in [0.05, 0.1) is 26.3 Å². The molecule has 0 radical (unpaired) electrons. The van der Waals surface area contributed by atoms with Crippen LogP contribution in [0.4, 0.5) is 11.5 Å². The molecule has 2 heterocycles. The van der Waals surface area contributed by atoms with Crippen molar-refractivity contribution in [1.29, 1.82) is 0 Å². The molecule has 0 atom stereocenters. The van der Waals surface area contributed by atoms with Crippen LogP contribution in [0.5, 0.6) is 0 Å². The number of hydrogen-bond acceptors (Lipinski definition) is 6. The van der Waals surface area contributed by atoms with Crippen LogP contribution < -0.4 is 21.9 Å². The van der Waals surface area contributed by atoms with E-state index in [2.05, 4.69) is 9.88 Å². The topological polar surface area (TPSA) is 114 Å². The molecule has 1 saturated heterocycles. The molecular weight excluding hydrogens is 410 g/mol. The Morgan fingerprint density at radius 2 is 1.94 bits per heavy atom. The summed E-state index contributed by atoms with van der Waals surface area (Å²) in [7, 11) is 0. The molecule has 1 fully saturated rings. The van der Waals surface area contributed by atoms with Gasteiger partial charge in [0.1, 0.15) is 5.82 Å². The highest BCUT2D eigenvalue weighted by Gasteiger charge is 2.34. The first-order valence-electron chi connectivity index (χ1n) is 10.9. The number of carbonyl (C=O) groups is 1. The molecule has 0 unspecified atom stereocenters. The molecule has 0 aliphatic carbocycles. The molecule has 0 saturated carbocycles. The number of ether oxygens (including phenoxy) is 1. The van der Waals surface area contributed by atoms with Crippen LogP contribution in [0.3, 0.4) is 0 Å². The fraction of sp³-hybridized carbons (Fsp3) is 0.522. The number of nitrogen functional groups attached to an aromatic ring is 1. The van der Waals surface area contributed by atoms with Gasteiger partial charge in [-0.2, -0.15) is 0 Å². The number of hydrogen-bond donors (Lipinski definition) is 2. The van der Waals surface area contributed by atoms with Gasteiger partial charge in [0, 0.05) is 18.6 Å². The maximum absolute atomic E-state index is 13.4. The lowest BCUT2D eigenvalue weighted by Crippen LogP contribution is -2.57. The lowest BCUT2D eigenvalue weighted by molar-refractivity contribution is -0.124. The number of anilines is 2. The average molecular weight is 444 g/mol. The molecule has 1 aliphatic rings. The molecule has 32 heavy (non-hydrogen) atoms.